The standard InChI is InChI=1S/C16H20N4O2S/c1-11-15(23-19-18-11)16(21)17-12-6-5-9-20(10-12)13-7-3-4-8-14(13)22-2/h3-4,7-8,12H,5-6,9-10H2,1-2H3,(H,17,21)/t12-/m1/s1. The van der Waals surface area contributed by atoms with Crippen molar-refractivity contribution in [3.8, 4) is 5.75 Å². The number of nitrogens with one attached hydrogen (secondary N) is 1. The molecule has 1 atom stereocenters. The summed E-state index contributed by atoms with van der Waals surface area (Å²) in [6.45, 7) is 3.55. The van der Waals surface area contributed by atoms with E-state index in [4.69, 9.17) is 4.74 Å². The van der Waals surface area contributed by atoms with Crippen LogP contribution >= 0.6 is 11.5 Å². The summed E-state index contributed by atoms with van der Waals surface area (Å²) in [6, 6.07) is 8.10. The van der Waals surface area contributed by atoms with E-state index in [0.29, 0.717) is 10.6 Å². The van der Waals surface area contributed by atoms with Gasteiger partial charge in [-0.1, -0.05) is 16.6 Å². The van der Waals surface area contributed by atoms with E-state index in [0.717, 1.165) is 48.9 Å². The Morgan fingerprint density at radius 3 is 3.00 bits per heavy atom. The Morgan fingerprint density at radius 1 is 1.43 bits per heavy atom. The SMILES string of the molecule is COc1ccccc1N1CCC[C@@H](NC(=O)c2snnc2C)C1. The van der Waals surface area contributed by atoms with Gasteiger partial charge in [0.1, 0.15) is 10.6 Å². The molecule has 122 valence electrons. The van der Waals surface area contributed by atoms with E-state index in [-0.39, 0.29) is 11.9 Å². The average molecular weight is 332 g/mol. The molecule has 1 aromatic carbocycles. The van der Waals surface area contributed by atoms with Crippen molar-refractivity contribution >= 4 is 23.1 Å². The van der Waals surface area contributed by atoms with Crippen LogP contribution in [0.15, 0.2) is 24.3 Å². The number of rotatable bonds is 4. The Bertz CT molecular complexity index is 688. The van der Waals surface area contributed by atoms with Crippen molar-refractivity contribution < 1.29 is 9.53 Å². The second kappa shape index (κ2) is 6.95. The normalized spacial score (nSPS) is 17.8. The zero-order chi connectivity index (χ0) is 16.2. The number of nitrogens with zero attached hydrogens (tertiary/aromatic N) is 3. The maximum Gasteiger partial charge on any atom is 0.265 e. The topological polar surface area (TPSA) is 67.3 Å². The fraction of sp³-hybridized carbons (Fsp3) is 0.438. The number of piperidine rings is 1. The van der Waals surface area contributed by atoms with Crippen molar-refractivity contribution in [1.29, 1.82) is 0 Å². The van der Waals surface area contributed by atoms with Crippen molar-refractivity contribution in [2.75, 3.05) is 25.1 Å². The molecule has 1 fully saturated rings. The molecule has 3 rings (SSSR count). The molecule has 1 saturated heterocycles. The maximum atomic E-state index is 12.3. The highest BCUT2D eigenvalue weighted by atomic mass is 32.1. The van der Waals surface area contributed by atoms with Gasteiger partial charge in [0.05, 0.1) is 18.5 Å². The first-order valence-electron chi connectivity index (χ1n) is 7.67. The van der Waals surface area contributed by atoms with Crippen LogP contribution in [0.3, 0.4) is 0 Å². The number of benzene rings is 1. The average Bonchev–Trinajstić information content (AvgIpc) is 3.01. The third kappa shape index (κ3) is 3.44. The second-order valence-electron chi connectivity index (χ2n) is 5.62. The summed E-state index contributed by atoms with van der Waals surface area (Å²) in [7, 11) is 1.68. The number of ether oxygens (including phenoxy) is 1. The highest BCUT2D eigenvalue weighted by molar-refractivity contribution is 7.08. The largest absolute Gasteiger partial charge is 0.495 e. The van der Waals surface area contributed by atoms with E-state index in [1.54, 1.807) is 14.0 Å². The Hall–Kier alpha value is -2.15. The molecule has 0 radical (unpaired) electrons. The number of para-hydroxylation sites is 2. The summed E-state index contributed by atoms with van der Waals surface area (Å²) in [4.78, 5) is 15.2. The van der Waals surface area contributed by atoms with Crippen LogP contribution in [-0.4, -0.2) is 41.7 Å². The molecule has 0 unspecified atom stereocenters. The van der Waals surface area contributed by atoms with Gasteiger partial charge in [-0.2, -0.15) is 0 Å². The monoisotopic (exact) mass is 332 g/mol. The lowest BCUT2D eigenvalue weighted by Gasteiger charge is -2.35. The van der Waals surface area contributed by atoms with Crippen LogP contribution < -0.4 is 15.0 Å². The lowest BCUT2D eigenvalue weighted by atomic mass is 10.0. The molecule has 1 aliphatic rings. The predicted molar refractivity (Wildman–Crippen MR) is 90.3 cm³/mol. The number of carbonyl (C=O) groups is 1. The van der Waals surface area contributed by atoms with E-state index in [1.165, 1.54) is 0 Å². The third-order valence-corrected chi connectivity index (χ3v) is 4.87. The summed E-state index contributed by atoms with van der Waals surface area (Å²) in [6.07, 6.45) is 2.01. The first-order chi connectivity index (χ1) is 11.2. The summed E-state index contributed by atoms with van der Waals surface area (Å²) < 4.78 is 9.27. The lowest BCUT2D eigenvalue weighted by Crippen LogP contribution is -2.47. The molecule has 0 spiro atoms. The molecule has 1 amide bonds. The van der Waals surface area contributed by atoms with Crippen LogP contribution in [-0.2, 0) is 0 Å². The maximum absolute atomic E-state index is 12.3. The molecule has 1 N–H and O–H groups in total. The van der Waals surface area contributed by atoms with E-state index in [2.05, 4.69) is 25.9 Å². The summed E-state index contributed by atoms with van der Waals surface area (Å²) in [5.74, 6) is 0.784. The molecular formula is C16H20N4O2S. The van der Waals surface area contributed by atoms with Gasteiger partial charge >= 0.3 is 0 Å². The summed E-state index contributed by atoms with van der Waals surface area (Å²) in [5, 5.41) is 7.01. The number of carbonyl (C=O) groups excluding carboxylic acids is 1. The molecular weight excluding hydrogens is 312 g/mol. The molecule has 6 nitrogen and oxygen atoms in total. The highest BCUT2D eigenvalue weighted by Gasteiger charge is 2.24. The first kappa shape index (κ1) is 15.7. The molecule has 0 saturated carbocycles. The van der Waals surface area contributed by atoms with Gasteiger partial charge in [-0.05, 0) is 43.4 Å². The van der Waals surface area contributed by atoms with Crippen LogP contribution in [0, 0.1) is 6.92 Å². The Morgan fingerprint density at radius 2 is 2.26 bits per heavy atom. The highest BCUT2D eigenvalue weighted by Crippen LogP contribution is 2.30. The smallest absolute Gasteiger partial charge is 0.265 e. The van der Waals surface area contributed by atoms with E-state index < -0.39 is 0 Å². The Kier molecular flexibility index (Phi) is 4.76. The van der Waals surface area contributed by atoms with Crippen molar-refractivity contribution in [3.63, 3.8) is 0 Å². The molecule has 0 aliphatic carbocycles. The second-order valence-corrected chi connectivity index (χ2v) is 6.37. The minimum Gasteiger partial charge on any atom is -0.495 e. The van der Waals surface area contributed by atoms with Gasteiger partial charge in [-0.15, -0.1) is 5.10 Å². The quantitative estimate of drug-likeness (QED) is 0.930. The van der Waals surface area contributed by atoms with Crippen LogP contribution in [0.4, 0.5) is 5.69 Å². The van der Waals surface area contributed by atoms with Crippen LogP contribution in [0.25, 0.3) is 0 Å². The fourth-order valence-corrected chi connectivity index (χ4v) is 3.46. The van der Waals surface area contributed by atoms with Crippen LogP contribution in [0.2, 0.25) is 0 Å². The minimum absolute atomic E-state index is 0.0793. The van der Waals surface area contributed by atoms with Gasteiger partial charge in [0.15, 0.2) is 0 Å². The molecule has 2 heterocycles. The third-order valence-electron chi connectivity index (χ3n) is 4.04. The number of hydrogen-bond acceptors (Lipinski definition) is 6. The number of methoxy groups -OCH3 is 1. The number of anilines is 1. The first-order valence-corrected chi connectivity index (χ1v) is 8.44. The molecule has 2 aromatic rings. The Balaban J connectivity index is 1.69. The lowest BCUT2D eigenvalue weighted by molar-refractivity contribution is 0.0936. The van der Waals surface area contributed by atoms with Gasteiger partial charge in [-0.3, -0.25) is 4.79 Å². The van der Waals surface area contributed by atoms with Gasteiger partial charge in [-0.25, -0.2) is 0 Å². The minimum atomic E-state index is -0.0793. The van der Waals surface area contributed by atoms with Gasteiger partial charge in [0.2, 0.25) is 0 Å². The molecule has 1 aromatic heterocycles. The number of amides is 1. The molecule has 7 heteroatoms. The van der Waals surface area contributed by atoms with Gasteiger partial charge < -0.3 is 15.0 Å². The number of aryl methyl sites for hydroxylation is 1. The van der Waals surface area contributed by atoms with Crippen molar-refractivity contribution in [2.45, 2.75) is 25.8 Å². The van der Waals surface area contributed by atoms with Gasteiger partial charge in [0, 0.05) is 19.1 Å². The number of aromatic nitrogens is 2. The Labute approximate surface area is 139 Å². The van der Waals surface area contributed by atoms with E-state index >= 15 is 0 Å². The molecule has 0 bridgehead atoms. The van der Waals surface area contributed by atoms with E-state index in [1.807, 2.05) is 18.2 Å². The van der Waals surface area contributed by atoms with E-state index in [9.17, 15) is 4.79 Å². The van der Waals surface area contributed by atoms with Crippen LogP contribution in [0.1, 0.15) is 28.2 Å². The predicted octanol–water partition coefficient (Wildman–Crippen LogP) is 2.25. The molecule has 1 aliphatic heterocycles. The zero-order valence-corrected chi connectivity index (χ0v) is 14.1. The van der Waals surface area contributed by atoms with Crippen LogP contribution in [0.5, 0.6) is 5.75 Å². The number of hydrogen-bond donors (Lipinski definition) is 1. The molecule has 23 heavy (non-hydrogen) atoms. The van der Waals surface area contributed by atoms with Gasteiger partial charge in [0.25, 0.3) is 5.91 Å². The van der Waals surface area contributed by atoms with Crippen molar-refractivity contribution in [3.05, 3.63) is 34.8 Å². The van der Waals surface area contributed by atoms with Crippen molar-refractivity contribution in [2.24, 2.45) is 0 Å². The summed E-state index contributed by atoms with van der Waals surface area (Å²) >= 11 is 1.14. The van der Waals surface area contributed by atoms with Crippen molar-refractivity contribution in [1.82, 2.24) is 14.9 Å². The zero-order valence-electron chi connectivity index (χ0n) is 13.3. The fourth-order valence-electron chi connectivity index (χ4n) is 2.90. The summed E-state index contributed by atoms with van der Waals surface area (Å²) in [5.41, 5.74) is 1.76.